The molecule has 2 aliphatic heterocycles. The van der Waals surface area contributed by atoms with E-state index in [1.807, 2.05) is 0 Å². The molecule has 0 radical (unpaired) electrons. The van der Waals surface area contributed by atoms with Gasteiger partial charge in [-0.05, 0) is 51.6 Å². The van der Waals surface area contributed by atoms with E-state index in [2.05, 4.69) is 35.9 Å². The van der Waals surface area contributed by atoms with E-state index in [0.717, 1.165) is 45.1 Å². The van der Waals surface area contributed by atoms with Gasteiger partial charge in [-0.3, -0.25) is 9.69 Å². The van der Waals surface area contributed by atoms with Gasteiger partial charge in [0.15, 0.2) is 0 Å². The second-order valence-corrected chi connectivity index (χ2v) is 7.03. The molecule has 0 saturated carbocycles. The maximum absolute atomic E-state index is 12.7. The second-order valence-electron chi connectivity index (χ2n) is 7.03. The molecular weight excluding hydrogens is 250 g/mol. The molecule has 0 aliphatic carbocycles. The van der Waals surface area contributed by atoms with Crippen LogP contribution in [0.3, 0.4) is 0 Å². The molecule has 4 nitrogen and oxygen atoms in total. The van der Waals surface area contributed by atoms with Crippen molar-refractivity contribution >= 4 is 5.91 Å². The molecule has 0 aromatic rings. The molecule has 0 aromatic carbocycles. The van der Waals surface area contributed by atoms with Crippen molar-refractivity contribution in [3.8, 4) is 0 Å². The van der Waals surface area contributed by atoms with E-state index >= 15 is 0 Å². The Morgan fingerprint density at radius 3 is 2.45 bits per heavy atom. The molecule has 0 spiro atoms. The molecule has 116 valence electrons. The number of carbonyl (C=O) groups is 1. The lowest BCUT2D eigenvalue weighted by Crippen LogP contribution is -2.61. The zero-order valence-corrected chi connectivity index (χ0v) is 13.5. The van der Waals surface area contributed by atoms with Crippen molar-refractivity contribution in [3.63, 3.8) is 0 Å². The number of hydrogen-bond donors (Lipinski definition) is 1. The Bertz CT molecular complexity index is 316. The largest absolute Gasteiger partial charge is 0.339 e. The van der Waals surface area contributed by atoms with Crippen molar-refractivity contribution in [1.29, 1.82) is 0 Å². The summed E-state index contributed by atoms with van der Waals surface area (Å²) in [5.41, 5.74) is -0.307. The number of piperazine rings is 1. The first-order chi connectivity index (χ1) is 9.51. The number of nitrogens with zero attached hydrogens (tertiary/aromatic N) is 2. The molecule has 0 bridgehead atoms. The molecule has 20 heavy (non-hydrogen) atoms. The number of hydrogen-bond acceptors (Lipinski definition) is 3. The molecule has 0 aromatic heterocycles. The lowest BCUT2D eigenvalue weighted by molar-refractivity contribution is -0.140. The highest BCUT2D eigenvalue weighted by Gasteiger charge is 2.38. The summed E-state index contributed by atoms with van der Waals surface area (Å²) in [5.74, 6) is 1.08. The van der Waals surface area contributed by atoms with Crippen molar-refractivity contribution in [2.45, 2.75) is 52.0 Å². The molecule has 1 unspecified atom stereocenters. The number of rotatable bonds is 4. The Hall–Kier alpha value is -0.610. The monoisotopic (exact) mass is 281 g/mol. The lowest BCUT2D eigenvalue weighted by Gasteiger charge is -2.41. The van der Waals surface area contributed by atoms with Crippen LogP contribution >= 0.6 is 0 Å². The predicted octanol–water partition coefficient (Wildman–Crippen LogP) is 1.71. The van der Waals surface area contributed by atoms with Crippen LogP contribution < -0.4 is 5.32 Å². The molecule has 2 heterocycles. The molecule has 1 amide bonds. The normalized spacial score (nSPS) is 28.9. The molecule has 1 atom stereocenters. The zero-order valence-electron chi connectivity index (χ0n) is 13.5. The van der Waals surface area contributed by atoms with E-state index in [1.54, 1.807) is 0 Å². The van der Waals surface area contributed by atoms with E-state index in [1.165, 1.54) is 25.8 Å². The Balaban J connectivity index is 1.79. The van der Waals surface area contributed by atoms with Crippen molar-refractivity contribution in [1.82, 2.24) is 15.1 Å². The van der Waals surface area contributed by atoms with Crippen LogP contribution in [0.25, 0.3) is 0 Å². The van der Waals surface area contributed by atoms with Crippen LogP contribution in [0.5, 0.6) is 0 Å². The van der Waals surface area contributed by atoms with Crippen molar-refractivity contribution < 1.29 is 4.79 Å². The second kappa shape index (κ2) is 6.90. The van der Waals surface area contributed by atoms with E-state index < -0.39 is 0 Å². The fourth-order valence-electron chi connectivity index (χ4n) is 3.20. The van der Waals surface area contributed by atoms with Crippen molar-refractivity contribution in [3.05, 3.63) is 0 Å². The quantitative estimate of drug-likeness (QED) is 0.852. The van der Waals surface area contributed by atoms with Gasteiger partial charge in [-0.2, -0.15) is 0 Å². The fourth-order valence-corrected chi connectivity index (χ4v) is 3.20. The SMILES string of the molecule is CC(C)CCN1CCN(C(=O)C2(C)CCCCN2)CC1. The molecular formula is C16H31N3O. The Morgan fingerprint density at radius 1 is 1.20 bits per heavy atom. The third-order valence-electron chi connectivity index (χ3n) is 4.77. The molecule has 2 saturated heterocycles. The number of nitrogens with one attached hydrogen (secondary N) is 1. The van der Waals surface area contributed by atoms with Gasteiger partial charge in [0.25, 0.3) is 0 Å². The highest BCUT2D eigenvalue weighted by atomic mass is 16.2. The van der Waals surface area contributed by atoms with Gasteiger partial charge in [0.05, 0.1) is 5.54 Å². The van der Waals surface area contributed by atoms with Crippen LogP contribution in [0.2, 0.25) is 0 Å². The predicted molar refractivity (Wildman–Crippen MR) is 82.7 cm³/mol. The van der Waals surface area contributed by atoms with Gasteiger partial charge in [0.1, 0.15) is 0 Å². The highest BCUT2D eigenvalue weighted by molar-refractivity contribution is 5.86. The van der Waals surface area contributed by atoms with Crippen LogP contribution in [0.4, 0.5) is 0 Å². The third-order valence-corrected chi connectivity index (χ3v) is 4.77. The zero-order chi connectivity index (χ0) is 14.6. The van der Waals surface area contributed by atoms with E-state index in [-0.39, 0.29) is 5.54 Å². The Kier molecular flexibility index (Phi) is 5.44. The maximum Gasteiger partial charge on any atom is 0.242 e. The van der Waals surface area contributed by atoms with Crippen molar-refractivity contribution in [2.75, 3.05) is 39.3 Å². The number of carbonyl (C=O) groups excluding carboxylic acids is 1. The average molecular weight is 281 g/mol. The summed E-state index contributed by atoms with van der Waals surface area (Å²) >= 11 is 0. The Morgan fingerprint density at radius 2 is 1.90 bits per heavy atom. The molecule has 2 rings (SSSR count). The standard InChI is InChI=1S/C16H31N3O/c1-14(2)6-9-18-10-12-19(13-11-18)15(20)16(3)7-4-5-8-17-16/h14,17H,4-13H2,1-3H3. The van der Waals surface area contributed by atoms with Crippen LogP contribution in [0, 0.1) is 5.92 Å². The minimum atomic E-state index is -0.307. The van der Waals surface area contributed by atoms with E-state index in [0.29, 0.717) is 5.91 Å². The first-order valence-corrected chi connectivity index (χ1v) is 8.28. The maximum atomic E-state index is 12.7. The van der Waals surface area contributed by atoms with E-state index in [4.69, 9.17) is 0 Å². The van der Waals surface area contributed by atoms with Gasteiger partial charge < -0.3 is 10.2 Å². The molecule has 4 heteroatoms. The third kappa shape index (κ3) is 3.95. The van der Waals surface area contributed by atoms with Gasteiger partial charge in [-0.25, -0.2) is 0 Å². The summed E-state index contributed by atoms with van der Waals surface area (Å²) in [6, 6.07) is 0. The summed E-state index contributed by atoms with van der Waals surface area (Å²) in [6.45, 7) is 12.7. The summed E-state index contributed by atoms with van der Waals surface area (Å²) < 4.78 is 0. The molecule has 2 fully saturated rings. The topological polar surface area (TPSA) is 35.6 Å². The summed E-state index contributed by atoms with van der Waals surface area (Å²) in [4.78, 5) is 17.3. The average Bonchev–Trinajstić information content (AvgIpc) is 2.45. The minimum absolute atomic E-state index is 0.307. The molecule has 1 N–H and O–H groups in total. The van der Waals surface area contributed by atoms with Gasteiger partial charge >= 0.3 is 0 Å². The van der Waals surface area contributed by atoms with Crippen LogP contribution in [-0.4, -0.2) is 60.5 Å². The number of amides is 1. The van der Waals surface area contributed by atoms with Gasteiger partial charge in [-0.15, -0.1) is 0 Å². The van der Waals surface area contributed by atoms with Gasteiger partial charge in [-0.1, -0.05) is 13.8 Å². The first kappa shape index (κ1) is 15.8. The summed E-state index contributed by atoms with van der Waals surface area (Å²) in [6.07, 6.45) is 4.61. The fraction of sp³-hybridized carbons (Fsp3) is 0.938. The summed E-state index contributed by atoms with van der Waals surface area (Å²) in [5, 5.41) is 3.44. The van der Waals surface area contributed by atoms with E-state index in [9.17, 15) is 4.79 Å². The Labute approximate surface area is 123 Å². The lowest BCUT2D eigenvalue weighted by atomic mass is 9.89. The van der Waals surface area contributed by atoms with Gasteiger partial charge in [0, 0.05) is 26.2 Å². The van der Waals surface area contributed by atoms with Crippen molar-refractivity contribution in [2.24, 2.45) is 5.92 Å². The summed E-state index contributed by atoms with van der Waals surface area (Å²) in [7, 11) is 0. The highest BCUT2D eigenvalue weighted by Crippen LogP contribution is 2.22. The van der Waals surface area contributed by atoms with Crippen LogP contribution in [0.1, 0.15) is 46.5 Å². The number of piperidine rings is 1. The van der Waals surface area contributed by atoms with Gasteiger partial charge in [0.2, 0.25) is 5.91 Å². The van der Waals surface area contributed by atoms with Crippen LogP contribution in [-0.2, 0) is 4.79 Å². The minimum Gasteiger partial charge on any atom is -0.339 e. The molecule has 2 aliphatic rings. The smallest absolute Gasteiger partial charge is 0.242 e. The first-order valence-electron chi connectivity index (χ1n) is 8.28. The van der Waals surface area contributed by atoms with Crippen LogP contribution in [0.15, 0.2) is 0 Å².